The number of carbonyl (C=O) groups is 3. The number of rotatable bonds is 19. The molecule has 0 radical (unpaired) electrons. The predicted molar refractivity (Wildman–Crippen MR) is 110 cm³/mol. The fourth-order valence-corrected chi connectivity index (χ4v) is 3.32. The van der Waals surface area contributed by atoms with E-state index in [0.29, 0.717) is 17.4 Å². The number of hydrogen-bond donors (Lipinski definition) is 1. The molecule has 0 saturated heterocycles. The Hall–Kier alpha value is -1.63. The summed E-state index contributed by atoms with van der Waals surface area (Å²) < 4.78 is 5.86. The summed E-state index contributed by atoms with van der Waals surface area (Å²) in [6.07, 6.45) is 11.4. The maximum absolute atomic E-state index is 12.0. The van der Waals surface area contributed by atoms with Gasteiger partial charge >= 0.3 is 11.9 Å². The molecule has 0 saturated carbocycles. The lowest BCUT2D eigenvalue weighted by Gasteiger charge is -2.29. The molecule has 0 fully saturated rings. The number of aliphatic carboxylic acids is 2. The Balaban J connectivity index is 3.63. The zero-order chi connectivity index (χ0) is 22.1. The van der Waals surface area contributed by atoms with Crippen LogP contribution in [-0.4, -0.2) is 61.3 Å². The minimum Gasteiger partial charge on any atom is -0.550 e. The fourth-order valence-electron chi connectivity index (χ4n) is 3.32. The summed E-state index contributed by atoms with van der Waals surface area (Å²) in [5.74, 6) is -2.23. The molecule has 0 bridgehead atoms. The maximum Gasteiger partial charge on any atom is 0.306 e. The highest BCUT2D eigenvalue weighted by atomic mass is 16.5. The van der Waals surface area contributed by atoms with Crippen molar-refractivity contribution in [3.63, 3.8) is 0 Å². The number of hydrogen-bond acceptors (Lipinski definition) is 5. The van der Waals surface area contributed by atoms with E-state index in [0.717, 1.165) is 44.9 Å². The van der Waals surface area contributed by atoms with Gasteiger partial charge in [0.1, 0.15) is 6.54 Å². The lowest BCUT2D eigenvalue weighted by molar-refractivity contribution is -0.873. The van der Waals surface area contributed by atoms with Gasteiger partial charge in [0.05, 0.1) is 21.1 Å². The van der Waals surface area contributed by atoms with Crippen molar-refractivity contribution in [3.05, 3.63) is 0 Å². The topological polar surface area (TPSA) is 104 Å². The summed E-state index contributed by atoms with van der Waals surface area (Å²) >= 11 is 0. The van der Waals surface area contributed by atoms with Gasteiger partial charge in [-0.1, -0.05) is 57.8 Å². The molecule has 29 heavy (non-hydrogen) atoms. The molecule has 1 N–H and O–H groups in total. The van der Waals surface area contributed by atoms with Crippen LogP contribution in [-0.2, 0) is 19.1 Å². The number of unbranched alkanes of at least 4 members (excludes halogenated alkanes) is 10. The van der Waals surface area contributed by atoms with E-state index < -0.39 is 18.0 Å². The molecule has 0 aromatic carbocycles. The third-order valence-electron chi connectivity index (χ3n) is 4.72. The smallest absolute Gasteiger partial charge is 0.306 e. The molecule has 1 unspecified atom stereocenters. The van der Waals surface area contributed by atoms with Crippen molar-refractivity contribution in [2.75, 3.05) is 27.7 Å². The maximum atomic E-state index is 12.0. The largest absolute Gasteiger partial charge is 0.550 e. The zero-order valence-corrected chi connectivity index (χ0v) is 18.6. The molecule has 0 spiro atoms. The average Bonchev–Trinajstić information content (AvgIpc) is 2.56. The van der Waals surface area contributed by atoms with Crippen LogP contribution in [0.4, 0.5) is 0 Å². The van der Waals surface area contributed by atoms with E-state index in [2.05, 4.69) is 0 Å². The van der Waals surface area contributed by atoms with Crippen molar-refractivity contribution in [1.82, 2.24) is 0 Å². The third-order valence-corrected chi connectivity index (χ3v) is 4.72. The SMILES string of the molecule is C[N+](C)(C)CC(CC(=O)[O-])OC(=O)CCCCCCCCCCCCCC(=O)O. The van der Waals surface area contributed by atoms with E-state index in [4.69, 9.17) is 9.84 Å². The molecule has 0 aromatic heterocycles. The molecule has 0 aromatic rings. The summed E-state index contributed by atoms with van der Waals surface area (Å²) in [5.41, 5.74) is 0. The summed E-state index contributed by atoms with van der Waals surface area (Å²) in [6, 6.07) is 0. The lowest BCUT2D eigenvalue weighted by atomic mass is 10.0. The van der Waals surface area contributed by atoms with Crippen LogP contribution >= 0.6 is 0 Å². The second-order valence-electron chi connectivity index (χ2n) is 8.94. The highest BCUT2D eigenvalue weighted by molar-refractivity contribution is 5.70. The highest BCUT2D eigenvalue weighted by Crippen LogP contribution is 2.13. The van der Waals surface area contributed by atoms with Crippen LogP contribution in [0.2, 0.25) is 0 Å². The molecule has 7 heteroatoms. The summed E-state index contributed by atoms with van der Waals surface area (Å²) in [4.78, 5) is 33.2. The summed E-state index contributed by atoms with van der Waals surface area (Å²) in [7, 11) is 5.78. The quantitative estimate of drug-likeness (QED) is 0.198. The van der Waals surface area contributed by atoms with Crippen molar-refractivity contribution in [2.45, 2.75) is 96.0 Å². The van der Waals surface area contributed by atoms with E-state index >= 15 is 0 Å². The molecule has 7 nitrogen and oxygen atoms in total. The van der Waals surface area contributed by atoms with Crippen LogP contribution < -0.4 is 5.11 Å². The average molecular weight is 416 g/mol. The minimum absolute atomic E-state index is 0.263. The van der Waals surface area contributed by atoms with Gasteiger partial charge < -0.3 is 24.2 Å². The lowest BCUT2D eigenvalue weighted by Crippen LogP contribution is -2.45. The van der Waals surface area contributed by atoms with Gasteiger partial charge in [0, 0.05) is 25.2 Å². The Labute approximate surface area is 176 Å². The molecule has 0 aliphatic heterocycles. The van der Waals surface area contributed by atoms with Gasteiger partial charge in [0.2, 0.25) is 0 Å². The second-order valence-corrected chi connectivity index (χ2v) is 8.94. The van der Waals surface area contributed by atoms with Gasteiger partial charge in [-0.15, -0.1) is 0 Å². The molecule has 0 aliphatic carbocycles. The molecular weight excluding hydrogens is 374 g/mol. The first-order valence-corrected chi connectivity index (χ1v) is 11.0. The normalized spacial score (nSPS) is 12.5. The molecule has 0 heterocycles. The third kappa shape index (κ3) is 20.9. The van der Waals surface area contributed by atoms with Gasteiger partial charge in [-0.05, 0) is 12.8 Å². The Bertz CT molecular complexity index is 472. The van der Waals surface area contributed by atoms with Crippen molar-refractivity contribution in [1.29, 1.82) is 0 Å². The van der Waals surface area contributed by atoms with Crippen molar-refractivity contribution in [2.24, 2.45) is 0 Å². The Morgan fingerprint density at radius 2 is 1.21 bits per heavy atom. The number of nitrogens with zero attached hydrogens (tertiary/aromatic N) is 1. The van der Waals surface area contributed by atoms with Crippen LogP contribution in [0.3, 0.4) is 0 Å². The molecule has 0 aliphatic rings. The number of ether oxygens (including phenoxy) is 1. The summed E-state index contributed by atoms with van der Waals surface area (Å²) in [5, 5.41) is 19.4. The monoisotopic (exact) mass is 415 g/mol. The Kier molecular flexibility index (Phi) is 15.3. The number of carboxylic acids is 2. The van der Waals surface area contributed by atoms with Crippen molar-refractivity contribution >= 4 is 17.9 Å². The number of likely N-dealkylation sites (N-methyl/N-ethyl adjacent to an activating group) is 1. The Morgan fingerprint density at radius 1 is 0.793 bits per heavy atom. The molecule has 0 amide bonds. The van der Waals surface area contributed by atoms with Crippen LogP contribution in [0.15, 0.2) is 0 Å². The number of carbonyl (C=O) groups excluding carboxylic acids is 2. The molecule has 170 valence electrons. The minimum atomic E-state index is -1.20. The van der Waals surface area contributed by atoms with E-state index in [1.165, 1.54) is 25.7 Å². The standard InChI is InChI=1S/C22H41NO6/c1-23(2,3)18-19(17-21(26)27)29-22(28)16-14-12-10-8-6-4-5-7-9-11-13-15-20(24)25/h19H,4-18H2,1-3H3,(H-,24,25,26,27). The van der Waals surface area contributed by atoms with E-state index in [9.17, 15) is 19.5 Å². The number of carboxylic acid groups (broad SMARTS) is 2. The van der Waals surface area contributed by atoms with Crippen molar-refractivity contribution < 1.29 is 33.8 Å². The fraction of sp³-hybridized carbons (Fsp3) is 0.864. The van der Waals surface area contributed by atoms with Crippen LogP contribution in [0, 0.1) is 0 Å². The van der Waals surface area contributed by atoms with Gasteiger partial charge in [0.15, 0.2) is 6.10 Å². The van der Waals surface area contributed by atoms with Crippen LogP contribution in [0.1, 0.15) is 89.9 Å². The van der Waals surface area contributed by atoms with E-state index in [1.807, 2.05) is 21.1 Å². The highest BCUT2D eigenvalue weighted by Gasteiger charge is 2.22. The van der Waals surface area contributed by atoms with E-state index in [1.54, 1.807) is 0 Å². The number of esters is 1. The summed E-state index contributed by atoms with van der Waals surface area (Å²) in [6.45, 7) is 0.444. The molecular formula is C22H41NO6. The second kappa shape index (κ2) is 16.2. The van der Waals surface area contributed by atoms with Gasteiger partial charge in [0.25, 0.3) is 0 Å². The van der Waals surface area contributed by atoms with E-state index in [-0.39, 0.29) is 18.8 Å². The first-order valence-electron chi connectivity index (χ1n) is 11.0. The van der Waals surface area contributed by atoms with Crippen LogP contribution in [0.5, 0.6) is 0 Å². The van der Waals surface area contributed by atoms with Gasteiger partial charge in [-0.25, -0.2) is 0 Å². The first kappa shape index (κ1) is 27.4. The zero-order valence-electron chi connectivity index (χ0n) is 18.6. The van der Waals surface area contributed by atoms with Gasteiger partial charge in [-0.3, -0.25) is 9.59 Å². The van der Waals surface area contributed by atoms with Crippen molar-refractivity contribution in [3.8, 4) is 0 Å². The number of quaternary nitrogens is 1. The Morgan fingerprint density at radius 3 is 1.59 bits per heavy atom. The predicted octanol–water partition coefficient (Wildman–Crippen LogP) is 2.90. The first-order chi connectivity index (χ1) is 13.6. The van der Waals surface area contributed by atoms with Gasteiger partial charge in [-0.2, -0.15) is 0 Å². The molecule has 0 rings (SSSR count). The molecule has 1 atom stereocenters. The van der Waals surface area contributed by atoms with Crippen LogP contribution in [0.25, 0.3) is 0 Å².